The van der Waals surface area contributed by atoms with Crippen LogP contribution in [-0.4, -0.2) is 20.9 Å². The topological polar surface area (TPSA) is 79.5 Å². The fourth-order valence-corrected chi connectivity index (χ4v) is 2.28. The second-order valence-electron chi connectivity index (χ2n) is 5.12. The fourth-order valence-electron chi connectivity index (χ4n) is 2.28. The maximum absolute atomic E-state index is 12.6. The number of aromatic hydroxyl groups is 1. The first kappa shape index (κ1) is 15.5. The third-order valence-corrected chi connectivity index (χ3v) is 3.44. The van der Waals surface area contributed by atoms with Crippen LogP contribution in [0.25, 0.3) is 10.9 Å². The molecule has 1 aromatic heterocycles. The highest BCUT2D eigenvalue weighted by atomic mass is 16.3. The van der Waals surface area contributed by atoms with Crippen molar-refractivity contribution in [2.75, 3.05) is 5.43 Å². The van der Waals surface area contributed by atoms with E-state index in [9.17, 15) is 9.90 Å². The number of aromatic nitrogens is 2. The zero-order valence-electron chi connectivity index (χ0n) is 12.9. The lowest BCUT2D eigenvalue weighted by Crippen LogP contribution is -2.23. The molecule has 6 heteroatoms. The van der Waals surface area contributed by atoms with Crippen LogP contribution in [0, 0.1) is 0 Å². The smallest absolute Gasteiger partial charge is 0.263 e. The standard InChI is InChI=1S/C18H16N4O2/c1-2-11-22-17(24)15-5-3-4-6-16(15)20-18(22)21-19-12-13-7-9-14(23)10-8-13/h2-10,12,23H,1,11H2,(H,20,21)/b19-12-. The lowest BCUT2D eigenvalue weighted by Gasteiger charge is -2.10. The van der Waals surface area contributed by atoms with Crippen molar-refractivity contribution in [2.24, 2.45) is 5.10 Å². The van der Waals surface area contributed by atoms with E-state index in [0.717, 1.165) is 5.56 Å². The molecule has 0 saturated heterocycles. The molecule has 0 aliphatic heterocycles. The first-order chi connectivity index (χ1) is 11.7. The number of para-hydroxylation sites is 1. The Balaban J connectivity index is 1.95. The molecule has 0 radical (unpaired) electrons. The second-order valence-corrected chi connectivity index (χ2v) is 5.12. The van der Waals surface area contributed by atoms with E-state index in [1.807, 2.05) is 6.07 Å². The molecule has 0 amide bonds. The van der Waals surface area contributed by atoms with Crippen molar-refractivity contribution in [1.29, 1.82) is 0 Å². The second kappa shape index (κ2) is 6.78. The Hall–Kier alpha value is -3.41. The Labute approximate surface area is 138 Å². The molecule has 2 N–H and O–H groups in total. The zero-order valence-corrected chi connectivity index (χ0v) is 12.9. The molecule has 3 rings (SSSR count). The highest BCUT2D eigenvalue weighted by Gasteiger charge is 2.08. The van der Waals surface area contributed by atoms with Crippen LogP contribution in [0.15, 0.2) is 71.1 Å². The summed E-state index contributed by atoms with van der Waals surface area (Å²) in [7, 11) is 0. The van der Waals surface area contributed by atoms with Gasteiger partial charge in [-0.2, -0.15) is 5.10 Å². The molecule has 0 aliphatic carbocycles. The SMILES string of the molecule is C=CCn1c(N/N=C\c2ccc(O)cc2)nc2ccccc2c1=O. The molecule has 3 aromatic rings. The minimum atomic E-state index is -0.150. The van der Waals surface area contributed by atoms with E-state index in [2.05, 4.69) is 22.1 Å². The largest absolute Gasteiger partial charge is 0.508 e. The van der Waals surface area contributed by atoms with Gasteiger partial charge in [0.2, 0.25) is 5.95 Å². The van der Waals surface area contributed by atoms with Gasteiger partial charge in [0, 0.05) is 6.54 Å². The van der Waals surface area contributed by atoms with Gasteiger partial charge in [-0.05, 0) is 42.0 Å². The summed E-state index contributed by atoms with van der Waals surface area (Å²) in [5, 5.41) is 13.9. The van der Waals surface area contributed by atoms with E-state index in [0.29, 0.717) is 23.4 Å². The number of hydrogen-bond donors (Lipinski definition) is 2. The summed E-state index contributed by atoms with van der Waals surface area (Å²) in [4.78, 5) is 17.0. The number of hydrazone groups is 1. The maximum Gasteiger partial charge on any atom is 0.263 e. The van der Waals surface area contributed by atoms with Crippen molar-refractivity contribution in [1.82, 2.24) is 9.55 Å². The highest BCUT2D eigenvalue weighted by Crippen LogP contribution is 2.12. The Morgan fingerprint density at radius 3 is 2.71 bits per heavy atom. The van der Waals surface area contributed by atoms with Crippen molar-refractivity contribution >= 4 is 23.1 Å². The molecule has 0 unspecified atom stereocenters. The summed E-state index contributed by atoms with van der Waals surface area (Å²) < 4.78 is 1.48. The summed E-state index contributed by atoms with van der Waals surface area (Å²) >= 11 is 0. The van der Waals surface area contributed by atoms with E-state index in [-0.39, 0.29) is 11.3 Å². The van der Waals surface area contributed by atoms with Gasteiger partial charge >= 0.3 is 0 Å². The molecule has 24 heavy (non-hydrogen) atoms. The third kappa shape index (κ3) is 3.17. The average Bonchev–Trinajstić information content (AvgIpc) is 2.60. The number of phenols is 1. The monoisotopic (exact) mass is 320 g/mol. The average molecular weight is 320 g/mol. The molecule has 2 aromatic carbocycles. The first-order valence-corrected chi connectivity index (χ1v) is 7.37. The number of nitrogens with one attached hydrogen (secondary N) is 1. The van der Waals surface area contributed by atoms with Crippen LogP contribution >= 0.6 is 0 Å². The molecular weight excluding hydrogens is 304 g/mol. The number of rotatable bonds is 5. The lowest BCUT2D eigenvalue weighted by atomic mass is 10.2. The van der Waals surface area contributed by atoms with E-state index in [1.165, 1.54) is 4.57 Å². The summed E-state index contributed by atoms with van der Waals surface area (Å²) in [5.41, 5.74) is 4.06. The lowest BCUT2D eigenvalue weighted by molar-refractivity contribution is 0.475. The summed E-state index contributed by atoms with van der Waals surface area (Å²) in [5.74, 6) is 0.532. The van der Waals surface area contributed by atoms with Crippen molar-refractivity contribution in [3.05, 3.63) is 77.1 Å². The number of fused-ring (bicyclic) bond motifs is 1. The third-order valence-electron chi connectivity index (χ3n) is 3.44. The van der Waals surface area contributed by atoms with Crippen LogP contribution in [0.1, 0.15) is 5.56 Å². The number of allylic oxidation sites excluding steroid dienone is 1. The van der Waals surface area contributed by atoms with Gasteiger partial charge in [-0.15, -0.1) is 6.58 Å². The molecular formula is C18H16N4O2. The van der Waals surface area contributed by atoms with Crippen LogP contribution in [0.4, 0.5) is 5.95 Å². The van der Waals surface area contributed by atoms with Gasteiger partial charge in [0.15, 0.2) is 0 Å². The number of anilines is 1. The molecule has 0 bridgehead atoms. The van der Waals surface area contributed by atoms with Gasteiger partial charge < -0.3 is 5.11 Å². The Bertz CT molecular complexity index is 959. The van der Waals surface area contributed by atoms with Gasteiger partial charge in [0.25, 0.3) is 5.56 Å². The highest BCUT2D eigenvalue weighted by molar-refractivity contribution is 5.81. The normalized spacial score (nSPS) is 11.0. The number of hydrogen-bond acceptors (Lipinski definition) is 5. The molecule has 0 aliphatic rings. The van der Waals surface area contributed by atoms with Gasteiger partial charge in [-0.25, -0.2) is 10.4 Å². The number of benzene rings is 2. The van der Waals surface area contributed by atoms with Crippen LogP contribution < -0.4 is 11.0 Å². The predicted molar refractivity (Wildman–Crippen MR) is 95.5 cm³/mol. The van der Waals surface area contributed by atoms with Crippen LogP contribution in [-0.2, 0) is 6.54 Å². The van der Waals surface area contributed by atoms with Crippen molar-refractivity contribution < 1.29 is 5.11 Å². The summed E-state index contributed by atoms with van der Waals surface area (Å²) in [6, 6.07) is 13.8. The van der Waals surface area contributed by atoms with E-state index in [4.69, 9.17) is 0 Å². The molecule has 1 heterocycles. The molecule has 6 nitrogen and oxygen atoms in total. The quantitative estimate of drug-likeness (QED) is 0.430. The Morgan fingerprint density at radius 1 is 1.21 bits per heavy atom. The van der Waals surface area contributed by atoms with Crippen molar-refractivity contribution in [3.8, 4) is 5.75 Å². The minimum absolute atomic E-state index is 0.150. The molecule has 120 valence electrons. The van der Waals surface area contributed by atoms with Crippen LogP contribution in [0.5, 0.6) is 5.75 Å². The first-order valence-electron chi connectivity index (χ1n) is 7.37. The number of phenolic OH excluding ortho intramolecular Hbond substituents is 1. The van der Waals surface area contributed by atoms with Crippen molar-refractivity contribution in [2.45, 2.75) is 6.54 Å². The minimum Gasteiger partial charge on any atom is -0.508 e. The maximum atomic E-state index is 12.6. The van der Waals surface area contributed by atoms with Crippen LogP contribution in [0.2, 0.25) is 0 Å². The molecule has 0 spiro atoms. The van der Waals surface area contributed by atoms with Gasteiger partial charge in [0.1, 0.15) is 5.75 Å². The van der Waals surface area contributed by atoms with E-state index < -0.39 is 0 Å². The molecule has 0 saturated carbocycles. The van der Waals surface area contributed by atoms with E-state index >= 15 is 0 Å². The summed E-state index contributed by atoms with van der Waals surface area (Å²) in [6.07, 6.45) is 3.21. The van der Waals surface area contributed by atoms with Crippen molar-refractivity contribution in [3.63, 3.8) is 0 Å². The van der Waals surface area contributed by atoms with E-state index in [1.54, 1.807) is 54.8 Å². The zero-order chi connectivity index (χ0) is 16.9. The number of nitrogens with zero attached hydrogens (tertiary/aromatic N) is 3. The Morgan fingerprint density at radius 2 is 1.96 bits per heavy atom. The van der Waals surface area contributed by atoms with Crippen LogP contribution in [0.3, 0.4) is 0 Å². The molecule has 0 fully saturated rings. The predicted octanol–water partition coefficient (Wildman–Crippen LogP) is 2.73. The Kier molecular flexibility index (Phi) is 4.38. The summed E-state index contributed by atoms with van der Waals surface area (Å²) in [6.45, 7) is 4.00. The fraction of sp³-hybridized carbons (Fsp3) is 0.0556. The molecule has 0 atom stereocenters. The van der Waals surface area contributed by atoms with Gasteiger partial charge in [0.05, 0.1) is 17.1 Å². The van der Waals surface area contributed by atoms with Gasteiger partial charge in [-0.3, -0.25) is 9.36 Å². The van der Waals surface area contributed by atoms with Gasteiger partial charge in [-0.1, -0.05) is 18.2 Å².